The van der Waals surface area contributed by atoms with Gasteiger partial charge in [0.2, 0.25) is 0 Å². The van der Waals surface area contributed by atoms with Crippen LogP contribution in [-0.4, -0.2) is 42.3 Å². The van der Waals surface area contributed by atoms with Crippen LogP contribution >= 0.6 is 0 Å². The standard InChI is InChI=1S/C18H27N3O2/c1-4-6-11-20(5-2)18(22)19-16-14-21(12-13-23-3)17-10-8-7-9-15(16)17/h7-10,14H,4-6,11-13H2,1-3H3,(H,19,22). The van der Waals surface area contributed by atoms with Gasteiger partial charge in [0.1, 0.15) is 0 Å². The monoisotopic (exact) mass is 317 g/mol. The maximum atomic E-state index is 12.5. The topological polar surface area (TPSA) is 46.5 Å². The van der Waals surface area contributed by atoms with E-state index in [1.54, 1.807) is 7.11 Å². The average molecular weight is 317 g/mol. The van der Waals surface area contributed by atoms with Gasteiger partial charge in [-0.15, -0.1) is 0 Å². The number of nitrogens with one attached hydrogen (secondary N) is 1. The summed E-state index contributed by atoms with van der Waals surface area (Å²) in [6, 6.07) is 8.08. The van der Waals surface area contributed by atoms with E-state index in [4.69, 9.17) is 4.74 Å². The highest BCUT2D eigenvalue weighted by Gasteiger charge is 2.14. The fourth-order valence-corrected chi connectivity index (χ4v) is 2.67. The fraction of sp³-hybridized carbons (Fsp3) is 0.500. The van der Waals surface area contributed by atoms with E-state index in [0.717, 1.165) is 42.5 Å². The smallest absolute Gasteiger partial charge is 0.321 e. The number of anilines is 1. The Morgan fingerprint density at radius 2 is 2.09 bits per heavy atom. The highest BCUT2D eigenvalue weighted by atomic mass is 16.5. The number of carbonyl (C=O) groups is 1. The number of hydrogen-bond acceptors (Lipinski definition) is 2. The van der Waals surface area contributed by atoms with E-state index in [0.29, 0.717) is 13.2 Å². The number of amides is 2. The molecule has 0 radical (unpaired) electrons. The van der Waals surface area contributed by atoms with Crippen LogP contribution in [0.2, 0.25) is 0 Å². The number of unbranched alkanes of at least 4 members (excludes halogenated alkanes) is 1. The minimum atomic E-state index is -0.0319. The summed E-state index contributed by atoms with van der Waals surface area (Å²) in [6.45, 7) is 7.06. The van der Waals surface area contributed by atoms with Crippen molar-refractivity contribution < 1.29 is 9.53 Å². The van der Waals surface area contributed by atoms with Gasteiger partial charge in [-0.25, -0.2) is 4.79 Å². The summed E-state index contributed by atoms with van der Waals surface area (Å²) in [4.78, 5) is 14.3. The Balaban J connectivity index is 2.20. The van der Waals surface area contributed by atoms with Gasteiger partial charge in [0, 0.05) is 38.3 Å². The zero-order valence-electron chi connectivity index (χ0n) is 14.3. The van der Waals surface area contributed by atoms with Crippen LogP contribution < -0.4 is 5.32 Å². The Bertz CT molecular complexity index is 636. The predicted molar refractivity (Wildman–Crippen MR) is 95.0 cm³/mol. The molecular weight excluding hydrogens is 290 g/mol. The lowest BCUT2D eigenvalue weighted by Crippen LogP contribution is -2.35. The minimum absolute atomic E-state index is 0.0319. The zero-order valence-corrected chi connectivity index (χ0v) is 14.3. The molecule has 1 aromatic heterocycles. The molecule has 5 heteroatoms. The predicted octanol–water partition coefficient (Wildman–Crippen LogP) is 3.94. The first-order valence-electron chi connectivity index (χ1n) is 8.34. The second kappa shape index (κ2) is 8.58. The summed E-state index contributed by atoms with van der Waals surface area (Å²) >= 11 is 0. The van der Waals surface area contributed by atoms with E-state index in [-0.39, 0.29) is 6.03 Å². The summed E-state index contributed by atoms with van der Waals surface area (Å²) in [5.74, 6) is 0. The minimum Gasteiger partial charge on any atom is -0.383 e. The summed E-state index contributed by atoms with van der Waals surface area (Å²) in [6.07, 6.45) is 4.10. The molecule has 0 atom stereocenters. The molecule has 2 rings (SSSR count). The Kier molecular flexibility index (Phi) is 6.47. The summed E-state index contributed by atoms with van der Waals surface area (Å²) < 4.78 is 7.29. The third-order valence-corrected chi connectivity index (χ3v) is 4.02. The van der Waals surface area contributed by atoms with E-state index < -0.39 is 0 Å². The third kappa shape index (κ3) is 4.26. The van der Waals surface area contributed by atoms with Crippen molar-refractivity contribution in [1.82, 2.24) is 9.47 Å². The summed E-state index contributed by atoms with van der Waals surface area (Å²) in [5.41, 5.74) is 1.97. The van der Waals surface area contributed by atoms with Gasteiger partial charge < -0.3 is 19.5 Å². The first-order valence-corrected chi connectivity index (χ1v) is 8.34. The molecule has 0 saturated heterocycles. The lowest BCUT2D eigenvalue weighted by Gasteiger charge is -2.20. The maximum Gasteiger partial charge on any atom is 0.321 e. The molecule has 2 amide bonds. The van der Waals surface area contributed by atoms with Crippen LogP contribution in [0.3, 0.4) is 0 Å². The lowest BCUT2D eigenvalue weighted by atomic mass is 10.2. The van der Waals surface area contributed by atoms with Crippen molar-refractivity contribution >= 4 is 22.6 Å². The van der Waals surface area contributed by atoms with Crippen molar-refractivity contribution in [1.29, 1.82) is 0 Å². The average Bonchev–Trinajstić information content (AvgIpc) is 2.91. The van der Waals surface area contributed by atoms with Gasteiger partial charge in [-0.2, -0.15) is 0 Å². The van der Waals surface area contributed by atoms with Crippen LogP contribution in [-0.2, 0) is 11.3 Å². The molecule has 0 aliphatic rings. The van der Waals surface area contributed by atoms with Crippen molar-refractivity contribution in [3.8, 4) is 0 Å². The molecule has 0 bridgehead atoms. The number of nitrogens with zero attached hydrogens (tertiary/aromatic N) is 2. The van der Waals surface area contributed by atoms with E-state index in [9.17, 15) is 4.79 Å². The van der Waals surface area contributed by atoms with Crippen LogP contribution in [0.25, 0.3) is 10.9 Å². The van der Waals surface area contributed by atoms with Crippen molar-refractivity contribution in [3.05, 3.63) is 30.5 Å². The van der Waals surface area contributed by atoms with Crippen molar-refractivity contribution in [2.45, 2.75) is 33.2 Å². The largest absolute Gasteiger partial charge is 0.383 e. The number of ether oxygens (including phenoxy) is 1. The molecule has 23 heavy (non-hydrogen) atoms. The molecule has 0 aliphatic carbocycles. The Hall–Kier alpha value is -2.01. The third-order valence-electron chi connectivity index (χ3n) is 4.02. The van der Waals surface area contributed by atoms with E-state index in [2.05, 4.69) is 22.9 Å². The number of methoxy groups -OCH3 is 1. The molecule has 0 unspecified atom stereocenters. The summed E-state index contributed by atoms with van der Waals surface area (Å²) in [5, 5.41) is 4.13. The van der Waals surface area contributed by atoms with Gasteiger partial charge in [-0.05, 0) is 19.4 Å². The molecule has 5 nitrogen and oxygen atoms in total. The second-order valence-electron chi connectivity index (χ2n) is 5.61. The maximum absolute atomic E-state index is 12.5. The Morgan fingerprint density at radius 3 is 2.78 bits per heavy atom. The molecule has 1 heterocycles. The molecule has 2 aromatic rings. The molecule has 1 N–H and O–H groups in total. The van der Waals surface area contributed by atoms with Gasteiger partial charge >= 0.3 is 6.03 Å². The van der Waals surface area contributed by atoms with Crippen LogP contribution in [0.15, 0.2) is 30.5 Å². The van der Waals surface area contributed by atoms with Crippen LogP contribution in [0, 0.1) is 0 Å². The number of rotatable bonds is 8. The molecule has 0 aliphatic heterocycles. The Labute approximate surface area is 138 Å². The molecular formula is C18H27N3O2. The van der Waals surface area contributed by atoms with Crippen molar-refractivity contribution in [2.24, 2.45) is 0 Å². The van der Waals surface area contributed by atoms with Crippen LogP contribution in [0.4, 0.5) is 10.5 Å². The summed E-state index contributed by atoms with van der Waals surface area (Å²) in [7, 11) is 1.70. The van der Waals surface area contributed by atoms with E-state index in [1.807, 2.05) is 36.2 Å². The van der Waals surface area contributed by atoms with E-state index >= 15 is 0 Å². The molecule has 0 fully saturated rings. The number of fused-ring (bicyclic) bond motifs is 1. The number of para-hydroxylation sites is 1. The van der Waals surface area contributed by atoms with Crippen molar-refractivity contribution in [2.75, 3.05) is 32.1 Å². The van der Waals surface area contributed by atoms with E-state index in [1.165, 1.54) is 0 Å². The van der Waals surface area contributed by atoms with Gasteiger partial charge in [-0.3, -0.25) is 0 Å². The number of hydrogen-bond donors (Lipinski definition) is 1. The highest BCUT2D eigenvalue weighted by Crippen LogP contribution is 2.26. The normalized spacial score (nSPS) is 10.9. The number of aromatic nitrogens is 1. The van der Waals surface area contributed by atoms with Gasteiger partial charge in [-0.1, -0.05) is 31.5 Å². The first kappa shape index (κ1) is 17.3. The highest BCUT2D eigenvalue weighted by molar-refractivity contribution is 6.01. The number of urea groups is 1. The van der Waals surface area contributed by atoms with Crippen LogP contribution in [0.1, 0.15) is 26.7 Å². The fourth-order valence-electron chi connectivity index (χ4n) is 2.67. The first-order chi connectivity index (χ1) is 11.2. The quantitative estimate of drug-likeness (QED) is 0.801. The molecule has 0 spiro atoms. The van der Waals surface area contributed by atoms with Gasteiger partial charge in [0.15, 0.2) is 0 Å². The SMILES string of the molecule is CCCCN(CC)C(=O)Nc1cn(CCOC)c2ccccc12. The lowest BCUT2D eigenvalue weighted by molar-refractivity contribution is 0.188. The van der Waals surface area contributed by atoms with Gasteiger partial charge in [0.25, 0.3) is 0 Å². The molecule has 126 valence electrons. The Morgan fingerprint density at radius 1 is 1.30 bits per heavy atom. The van der Waals surface area contributed by atoms with Gasteiger partial charge in [0.05, 0.1) is 17.8 Å². The number of carbonyl (C=O) groups excluding carboxylic acids is 1. The second-order valence-corrected chi connectivity index (χ2v) is 5.61. The zero-order chi connectivity index (χ0) is 16.7. The van der Waals surface area contributed by atoms with Crippen molar-refractivity contribution in [3.63, 3.8) is 0 Å². The van der Waals surface area contributed by atoms with Crippen LogP contribution in [0.5, 0.6) is 0 Å². The molecule has 1 aromatic carbocycles. The number of benzene rings is 1. The molecule has 0 saturated carbocycles.